The highest BCUT2D eigenvalue weighted by Crippen LogP contribution is 2.26. The van der Waals surface area contributed by atoms with Crippen LogP contribution >= 0.6 is 46.4 Å². The highest BCUT2D eigenvalue weighted by atomic mass is 35.5. The number of hydrogen-bond donors (Lipinski definition) is 2. The van der Waals surface area contributed by atoms with Gasteiger partial charge in [0.05, 0.1) is 16.9 Å². The first-order valence-electron chi connectivity index (χ1n) is 9.54. The summed E-state index contributed by atoms with van der Waals surface area (Å²) < 4.78 is 5.83. The number of para-hydroxylation sites is 1. The summed E-state index contributed by atoms with van der Waals surface area (Å²) in [6.07, 6.45) is 0.936. The zero-order valence-corrected chi connectivity index (χ0v) is 20.0. The van der Waals surface area contributed by atoms with Gasteiger partial charge >= 0.3 is 0 Å². The minimum atomic E-state index is -0.603. The van der Waals surface area contributed by atoms with Gasteiger partial charge in [0.2, 0.25) is 11.8 Å². The standard InChI is InChI=1S/C23H17Cl4N3O3/c24-16-7-8-21(33-13-14-5-6-17(25)10-19(14)27)15(9-16)12-28-30-23(32)11-22(31)29-20-4-2-1-3-18(20)26/h1-10,12H,11,13H2,(H,29,31)(H,30,32). The van der Waals surface area contributed by atoms with Crippen molar-refractivity contribution in [1.29, 1.82) is 0 Å². The van der Waals surface area contributed by atoms with Crippen molar-refractivity contribution in [3.63, 3.8) is 0 Å². The van der Waals surface area contributed by atoms with E-state index in [0.29, 0.717) is 37.1 Å². The van der Waals surface area contributed by atoms with E-state index in [2.05, 4.69) is 15.8 Å². The minimum absolute atomic E-state index is 0.188. The Kier molecular flexibility index (Phi) is 8.97. The summed E-state index contributed by atoms with van der Waals surface area (Å²) in [7, 11) is 0. The fraction of sp³-hybridized carbons (Fsp3) is 0.0870. The fourth-order valence-corrected chi connectivity index (χ4v) is 3.49. The molecule has 2 N–H and O–H groups in total. The van der Waals surface area contributed by atoms with E-state index in [1.807, 2.05) is 0 Å². The number of rotatable bonds is 8. The van der Waals surface area contributed by atoms with E-state index in [0.717, 1.165) is 5.56 Å². The van der Waals surface area contributed by atoms with Gasteiger partial charge in [-0.25, -0.2) is 5.43 Å². The van der Waals surface area contributed by atoms with Gasteiger partial charge in [-0.1, -0.05) is 64.6 Å². The number of nitrogens with zero attached hydrogens (tertiary/aromatic N) is 1. The molecular formula is C23H17Cl4N3O3. The molecule has 0 saturated heterocycles. The van der Waals surface area contributed by atoms with Crippen LogP contribution in [-0.2, 0) is 16.2 Å². The third-order valence-corrected chi connectivity index (χ3v) is 5.38. The van der Waals surface area contributed by atoms with E-state index in [1.54, 1.807) is 60.7 Å². The van der Waals surface area contributed by atoms with Gasteiger partial charge in [0.1, 0.15) is 18.8 Å². The van der Waals surface area contributed by atoms with Crippen LogP contribution in [-0.4, -0.2) is 18.0 Å². The third-order valence-electron chi connectivity index (χ3n) is 4.23. The second-order valence-electron chi connectivity index (χ2n) is 6.70. The summed E-state index contributed by atoms with van der Waals surface area (Å²) in [6, 6.07) is 16.8. The van der Waals surface area contributed by atoms with Crippen LogP contribution in [0.1, 0.15) is 17.5 Å². The number of carbonyl (C=O) groups excluding carboxylic acids is 2. The molecule has 0 fully saturated rings. The Labute approximate surface area is 210 Å². The van der Waals surface area contributed by atoms with Crippen molar-refractivity contribution in [2.24, 2.45) is 5.10 Å². The second kappa shape index (κ2) is 11.9. The van der Waals surface area contributed by atoms with E-state index in [9.17, 15) is 9.59 Å². The maximum atomic E-state index is 12.0. The minimum Gasteiger partial charge on any atom is -0.488 e. The Bertz CT molecular complexity index is 1200. The summed E-state index contributed by atoms with van der Waals surface area (Å²) in [4.78, 5) is 24.1. The molecule has 0 radical (unpaired) electrons. The zero-order valence-electron chi connectivity index (χ0n) is 16.9. The van der Waals surface area contributed by atoms with E-state index in [4.69, 9.17) is 51.1 Å². The second-order valence-corrected chi connectivity index (χ2v) is 8.39. The molecule has 2 amide bonds. The lowest BCUT2D eigenvalue weighted by Crippen LogP contribution is -2.24. The molecule has 0 atom stereocenters. The summed E-state index contributed by atoms with van der Waals surface area (Å²) in [5.74, 6) is -0.657. The molecule has 0 spiro atoms. The molecule has 0 aliphatic heterocycles. The van der Waals surface area contributed by atoms with Crippen LogP contribution in [0.5, 0.6) is 5.75 Å². The predicted octanol–water partition coefficient (Wildman–Crippen LogP) is 6.36. The van der Waals surface area contributed by atoms with Gasteiger partial charge in [-0.3, -0.25) is 9.59 Å². The zero-order chi connectivity index (χ0) is 23.8. The van der Waals surface area contributed by atoms with E-state index >= 15 is 0 Å². The Hall–Kier alpha value is -2.77. The molecule has 0 heterocycles. The van der Waals surface area contributed by atoms with E-state index in [-0.39, 0.29) is 6.61 Å². The molecule has 33 heavy (non-hydrogen) atoms. The average molecular weight is 525 g/mol. The maximum absolute atomic E-state index is 12.0. The molecule has 3 aromatic rings. The first-order chi connectivity index (χ1) is 15.8. The number of nitrogens with one attached hydrogen (secondary N) is 2. The monoisotopic (exact) mass is 523 g/mol. The lowest BCUT2D eigenvalue weighted by molar-refractivity contribution is -0.126. The highest BCUT2D eigenvalue weighted by Gasteiger charge is 2.11. The number of hydrazone groups is 1. The van der Waals surface area contributed by atoms with Gasteiger partial charge in [-0.15, -0.1) is 0 Å². The number of halogens is 4. The number of anilines is 1. The van der Waals surface area contributed by atoms with Crippen LogP contribution in [0.4, 0.5) is 5.69 Å². The topological polar surface area (TPSA) is 79.8 Å². The fourth-order valence-electron chi connectivity index (χ4n) is 2.66. The smallest absolute Gasteiger partial charge is 0.249 e. The molecule has 0 aliphatic rings. The normalized spacial score (nSPS) is 10.8. The number of benzene rings is 3. The Morgan fingerprint density at radius 1 is 0.879 bits per heavy atom. The first-order valence-corrected chi connectivity index (χ1v) is 11.1. The van der Waals surface area contributed by atoms with Gasteiger partial charge in [0, 0.05) is 26.2 Å². The van der Waals surface area contributed by atoms with Gasteiger partial charge in [-0.2, -0.15) is 5.10 Å². The number of ether oxygens (including phenoxy) is 1. The first kappa shape index (κ1) is 24.9. The maximum Gasteiger partial charge on any atom is 0.249 e. The van der Waals surface area contributed by atoms with Crippen molar-refractivity contribution in [2.45, 2.75) is 13.0 Å². The third kappa shape index (κ3) is 7.65. The lowest BCUT2D eigenvalue weighted by atomic mass is 10.2. The summed E-state index contributed by atoms with van der Waals surface area (Å²) in [5.41, 5.74) is 3.99. The molecule has 3 rings (SSSR count). The largest absolute Gasteiger partial charge is 0.488 e. The van der Waals surface area contributed by atoms with E-state index in [1.165, 1.54) is 6.21 Å². The predicted molar refractivity (Wildman–Crippen MR) is 133 cm³/mol. The van der Waals surface area contributed by atoms with Crippen LogP contribution in [0.3, 0.4) is 0 Å². The Morgan fingerprint density at radius 3 is 2.36 bits per heavy atom. The summed E-state index contributed by atoms with van der Waals surface area (Å²) in [5, 5.41) is 8.30. The molecule has 3 aromatic carbocycles. The molecule has 0 aliphatic carbocycles. The molecule has 10 heteroatoms. The lowest BCUT2D eigenvalue weighted by Gasteiger charge is -2.11. The van der Waals surface area contributed by atoms with Gasteiger partial charge < -0.3 is 10.1 Å². The van der Waals surface area contributed by atoms with Crippen LogP contribution < -0.4 is 15.5 Å². The van der Waals surface area contributed by atoms with Crippen molar-refractivity contribution < 1.29 is 14.3 Å². The molecule has 0 saturated carbocycles. The number of carbonyl (C=O) groups is 2. The van der Waals surface area contributed by atoms with Crippen LogP contribution in [0, 0.1) is 0 Å². The molecule has 0 bridgehead atoms. The van der Waals surface area contributed by atoms with Crippen molar-refractivity contribution in [2.75, 3.05) is 5.32 Å². The molecule has 0 aromatic heterocycles. The van der Waals surface area contributed by atoms with Crippen molar-refractivity contribution in [3.8, 4) is 5.75 Å². The Balaban J connectivity index is 1.58. The molecular weight excluding hydrogens is 508 g/mol. The quantitative estimate of drug-likeness (QED) is 0.204. The summed E-state index contributed by atoms with van der Waals surface area (Å²) >= 11 is 24.2. The average Bonchev–Trinajstić information content (AvgIpc) is 2.76. The number of amides is 2. The number of hydrogen-bond acceptors (Lipinski definition) is 4. The van der Waals surface area contributed by atoms with E-state index < -0.39 is 18.2 Å². The molecule has 6 nitrogen and oxygen atoms in total. The van der Waals surface area contributed by atoms with Crippen LogP contribution in [0.2, 0.25) is 20.1 Å². The van der Waals surface area contributed by atoms with Gasteiger partial charge in [0.15, 0.2) is 0 Å². The molecule has 0 unspecified atom stereocenters. The van der Waals surface area contributed by atoms with Crippen molar-refractivity contribution in [3.05, 3.63) is 91.9 Å². The van der Waals surface area contributed by atoms with Crippen molar-refractivity contribution >= 4 is 70.1 Å². The molecule has 170 valence electrons. The van der Waals surface area contributed by atoms with Gasteiger partial charge in [0.25, 0.3) is 0 Å². The SMILES string of the molecule is O=C(CC(=O)Nc1ccccc1Cl)NN=Cc1cc(Cl)ccc1OCc1ccc(Cl)cc1Cl. The van der Waals surface area contributed by atoms with Crippen molar-refractivity contribution in [1.82, 2.24) is 5.43 Å². The summed E-state index contributed by atoms with van der Waals surface area (Å²) in [6.45, 7) is 0.188. The Morgan fingerprint density at radius 2 is 1.61 bits per heavy atom. The van der Waals surface area contributed by atoms with Crippen LogP contribution in [0.25, 0.3) is 0 Å². The highest BCUT2D eigenvalue weighted by molar-refractivity contribution is 6.35. The van der Waals surface area contributed by atoms with Crippen LogP contribution in [0.15, 0.2) is 65.8 Å². The van der Waals surface area contributed by atoms with Gasteiger partial charge in [-0.05, 0) is 42.5 Å².